The molecule has 0 aliphatic rings. The Morgan fingerprint density at radius 1 is 0.492 bits per heavy atom. The summed E-state index contributed by atoms with van der Waals surface area (Å²) in [5.74, 6) is -2.03. The van der Waals surface area contributed by atoms with Crippen LogP contribution < -0.4 is 59.1 Å². The number of hydrogen-bond donors (Lipinski definition) is 2. The van der Waals surface area contributed by atoms with Crippen LogP contribution in [-0.4, -0.2) is 55.8 Å². The number of nitro groups is 4. The quantitative estimate of drug-likeness (QED) is 0.0655. The van der Waals surface area contributed by atoms with Crippen molar-refractivity contribution in [1.82, 2.24) is 0 Å². The average Bonchev–Trinajstić information content (AvgIpc) is 3.17. The SMILES string of the molecule is [Cr].[H+].[NH-]c1c(N=Nc2cc([N+](=O)[O-])cc([N+](=O)[O-])c2O)cc(S(=O)(=O)[O-])c2ccccc12.[NH-]c1c(N=Nc2cc([N+](=O)[O-])cc([N+](=O)[O-])c2O)cc(S(=O)(=O)[O-])c2ccccc12.[Na+].[Na+]. The molecule has 0 bridgehead atoms. The van der Waals surface area contributed by atoms with E-state index in [4.69, 9.17) is 11.5 Å². The van der Waals surface area contributed by atoms with Crippen molar-refractivity contribution in [2.24, 2.45) is 20.5 Å². The summed E-state index contributed by atoms with van der Waals surface area (Å²) in [6.07, 6.45) is 0. The van der Waals surface area contributed by atoms with Gasteiger partial charge in [-0.15, -0.1) is 21.6 Å². The predicted octanol–water partition coefficient (Wildman–Crippen LogP) is 2.85. The van der Waals surface area contributed by atoms with Gasteiger partial charge in [-0.25, -0.2) is 16.8 Å². The molecule has 0 radical (unpaired) electrons. The Labute approximate surface area is 407 Å². The Morgan fingerprint density at radius 3 is 1.05 bits per heavy atom. The van der Waals surface area contributed by atoms with Crippen LogP contribution in [0.25, 0.3) is 33.0 Å². The van der Waals surface area contributed by atoms with E-state index >= 15 is 0 Å². The number of azo groups is 2. The normalized spacial score (nSPS) is 11.2. The van der Waals surface area contributed by atoms with Crippen molar-refractivity contribution in [2.75, 3.05) is 0 Å². The van der Waals surface area contributed by atoms with Crippen LogP contribution in [0.2, 0.25) is 0 Å². The minimum atomic E-state index is -4.96. The second-order valence-electron chi connectivity index (χ2n) is 11.6. The predicted molar refractivity (Wildman–Crippen MR) is 204 cm³/mol. The van der Waals surface area contributed by atoms with Gasteiger partial charge in [0.2, 0.25) is 11.5 Å². The maximum atomic E-state index is 11.6. The summed E-state index contributed by atoms with van der Waals surface area (Å²) in [7, 11) is -9.92. The summed E-state index contributed by atoms with van der Waals surface area (Å²) in [4.78, 5) is 38.6. The van der Waals surface area contributed by atoms with Crippen molar-refractivity contribution < 1.29 is 134 Å². The van der Waals surface area contributed by atoms with Crippen molar-refractivity contribution in [2.45, 2.75) is 9.79 Å². The van der Waals surface area contributed by atoms with Crippen LogP contribution in [-0.2, 0) is 37.6 Å². The van der Waals surface area contributed by atoms with E-state index in [1.54, 1.807) is 0 Å². The molecule has 63 heavy (non-hydrogen) atoms. The Hall–Kier alpha value is -5.81. The van der Waals surface area contributed by atoms with E-state index in [1.165, 1.54) is 48.5 Å². The maximum Gasteiger partial charge on any atom is 1.00 e. The first-order valence-electron chi connectivity index (χ1n) is 15.6. The second kappa shape index (κ2) is 21.0. The molecule has 6 aromatic rings. The molecule has 0 spiro atoms. The van der Waals surface area contributed by atoms with Crippen molar-refractivity contribution >= 4 is 98.7 Å². The monoisotopic (exact) mass is 961 g/mol. The zero-order valence-corrected chi connectivity index (χ0v) is 38.4. The van der Waals surface area contributed by atoms with Crippen molar-refractivity contribution in [3.63, 3.8) is 0 Å². The van der Waals surface area contributed by atoms with Crippen LogP contribution in [0.4, 0.5) is 56.9 Å². The largest absolute Gasteiger partial charge is 1.00 e. The number of nitro benzene ring substituents is 4. The zero-order valence-electron chi connectivity index (χ0n) is 32.5. The maximum absolute atomic E-state index is 11.6. The van der Waals surface area contributed by atoms with E-state index in [1.807, 2.05) is 0 Å². The molecule has 0 aliphatic carbocycles. The number of phenols is 2. The molecule has 4 N–H and O–H groups in total. The molecule has 0 aliphatic heterocycles. The Bertz CT molecular complexity index is 2940. The Balaban J connectivity index is 0.000000602. The van der Waals surface area contributed by atoms with E-state index in [0.29, 0.717) is 24.3 Å². The fraction of sp³-hybridized carbons (Fsp3) is 0. The number of nitrogens with one attached hydrogen (secondary N) is 2. The molecular formula is C32H19CrN10Na2O16S2-. The number of fused-ring (bicyclic) bond motifs is 2. The summed E-state index contributed by atoms with van der Waals surface area (Å²) in [5.41, 5.74) is 10.1. The number of rotatable bonds is 10. The molecule has 314 valence electrons. The van der Waals surface area contributed by atoms with Crippen LogP contribution in [0.1, 0.15) is 1.43 Å². The molecule has 0 amide bonds. The molecular weight excluding hydrogens is 943 g/mol. The van der Waals surface area contributed by atoms with E-state index in [9.17, 15) is 76.6 Å². The Morgan fingerprint density at radius 2 is 0.778 bits per heavy atom. The first-order valence-corrected chi connectivity index (χ1v) is 18.4. The van der Waals surface area contributed by atoms with Gasteiger partial charge in [0, 0.05) is 29.5 Å². The third kappa shape index (κ3) is 11.8. The Kier molecular flexibility index (Phi) is 17.8. The van der Waals surface area contributed by atoms with Gasteiger partial charge in [0.05, 0.1) is 53.0 Å². The zero-order chi connectivity index (χ0) is 44.4. The van der Waals surface area contributed by atoms with Crippen molar-refractivity contribution in [3.8, 4) is 11.5 Å². The molecule has 26 nitrogen and oxygen atoms in total. The van der Waals surface area contributed by atoms with Gasteiger partial charge >= 0.3 is 71.9 Å². The third-order valence-corrected chi connectivity index (χ3v) is 9.72. The average molecular weight is 962 g/mol. The number of nitrogens with zero attached hydrogens (tertiary/aromatic N) is 8. The first kappa shape index (κ1) is 53.3. The minimum Gasteiger partial charge on any atom is -0.744 e. The number of non-ortho nitro benzene ring substituents is 2. The minimum absolute atomic E-state index is 0. The standard InChI is InChI=1S/2C16H10N5O8S.Cr.2Na/c2*17-15-10-4-2-1-3-9(10)14(30(27,28)29)7-11(15)18-19-12-5-8(20(23)24)6-13(16(12)22)21(25)26;;;/h2*1-7H,(H3-,17,18,19,22,27,28,29);;;/q2*-1;;2*+1/p-1. The van der Waals surface area contributed by atoms with Crippen molar-refractivity contribution in [3.05, 3.63) is 137 Å². The van der Waals surface area contributed by atoms with Crippen LogP contribution in [0.3, 0.4) is 0 Å². The summed E-state index contributed by atoms with van der Waals surface area (Å²) < 4.78 is 69.6. The summed E-state index contributed by atoms with van der Waals surface area (Å²) in [6, 6.07) is 15.4. The summed E-state index contributed by atoms with van der Waals surface area (Å²) in [5, 5.41) is 78.1. The van der Waals surface area contributed by atoms with E-state index < -0.39 is 107 Å². The molecule has 0 saturated heterocycles. The van der Waals surface area contributed by atoms with Gasteiger partial charge in [-0.3, -0.25) is 40.5 Å². The number of aromatic hydroxyl groups is 2. The smallest absolute Gasteiger partial charge is 0.744 e. The molecule has 6 rings (SSSR count). The van der Waals surface area contributed by atoms with Crippen LogP contribution in [0, 0.1) is 40.5 Å². The fourth-order valence-corrected chi connectivity index (χ4v) is 6.67. The number of phenolic OH excluding ortho intramolecular Hbond substituents is 2. The van der Waals surface area contributed by atoms with Gasteiger partial charge in [0.15, 0.2) is 0 Å². The second-order valence-corrected chi connectivity index (χ2v) is 14.3. The van der Waals surface area contributed by atoms with Crippen molar-refractivity contribution in [1.29, 1.82) is 0 Å². The molecule has 0 aromatic heterocycles. The van der Waals surface area contributed by atoms with Gasteiger partial charge in [0.1, 0.15) is 31.6 Å². The van der Waals surface area contributed by atoms with Gasteiger partial charge in [0.25, 0.3) is 11.4 Å². The van der Waals surface area contributed by atoms with E-state index in [0.717, 1.165) is 12.1 Å². The molecule has 6 aromatic carbocycles. The van der Waals surface area contributed by atoms with E-state index in [-0.39, 0.29) is 111 Å². The number of hydrogen-bond acceptors (Lipinski definition) is 20. The van der Waals surface area contributed by atoms with Crippen LogP contribution in [0.5, 0.6) is 11.5 Å². The molecule has 0 fully saturated rings. The molecule has 0 atom stereocenters. The van der Waals surface area contributed by atoms with Gasteiger partial charge in [-0.2, -0.15) is 10.2 Å². The van der Waals surface area contributed by atoms with Gasteiger partial charge < -0.3 is 30.8 Å². The van der Waals surface area contributed by atoms with Crippen LogP contribution >= 0.6 is 0 Å². The summed E-state index contributed by atoms with van der Waals surface area (Å²) in [6.45, 7) is 0. The van der Waals surface area contributed by atoms with Gasteiger partial charge in [-0.1, -0.05) is 48.5 Å². The van der Waals surface area contributed by atoms with Crippen LogP contribution in [0.15, 0.2) is 115 Å². The molecule has 0 unspecified atom stereocenters. The third-order valence-electron chi connectivity index (χ3n) is 7.97. The molecule has 0 heterocycles. The molecule has 0 saturated carbocycles. The molecule has 31 heteroatoms. The van der Waals surface area contributed by atoms with Gasteiger partial charge in [-0.05, 0) is 33.7 Å². The first-order chi connectivity index (χ1) is 28.0. The number of benzene rings is 6. The van der Waals surface area contributed by atoms with E-state index in [2.05, 4.69) is 20.5 Å². The summed E-state index contributed by atoms with van der Waals surface area (Å²) >= 11 is 0. The fourth-order valence-electron chi connectivity index (χ4n) is 5.26. The topological polar surface area (TPSA) is 424 Å².